The molecule has 0 fully saturated rings. The summed E-state index contributed by atoms with van der Waals surface area (Å²) >= 11 is 1.69. The summed E-state index contributed by atoms with van der Waals surface area (Å²) in [6.07, 6.45) is 2.78. The second kappa shape index (κ2) is 7.87. The number of thioether (sulfide) groups is 1. The number of nitrogens with one attached hydrogen (secondary N) is 1. The molecule has 1 aromatic rings. The lowest BCUT2D eigenvalue weighted by atomic mass is 10.2. The molecular weight excluding hydrogens is 296 g/mol. The topological polar surface area (TPSA) is 81.4 Å². The van der Waals surface area contributed by atoms with Gasteiger partial charge >= 0.3 is 0 Å². The van der Waals surface area contributed by atoms with Crippen molar-refractivity contribution in [2.24, 2.45) is 5.73 Å². The average molecular weight is 318 g/mol. The van der Waals surface area contributed by atoms with Crippen molar-refractivity contribution in [1.29, 1.82) is 0 Å². The van der Waals surface area contributed by atoms with Crippen molar-refractivity contribution in [3.63, 3.8) is 0 Å². The Bertz CT molecular complexity index is 532. The molecule has 114 valence electrons. The van der Waals surface area contributed by atoms with Crippen LogP contribution in [0, 0.1) is 0 Å². The molecule has 0 saturated carbocycles. The third-order valence-corrected chi connectivity index (χ3v) is 5.14. The van der Waals surface area contributed by atoms with Crippen LogP contribution in [0.2, 0.25) is 0 Å². The van der Waals surface area contributed by atoms with E-state index in [4.69, 9.17) is 10.5 Å². The third kappa shape index (κ3) is 4.66. The van der Waals surface area contributed by atoms with Gasteiger partial charge in [-0.15, -0.1) is 0 Å². The molecule has 0 amide bonds. The van der Waals surface area contributed by atoms with Crippen molar-refractivity contribution in [3.8, 4) is 5.75 Å². The largest absolute Gasteiger partial charge is 0.495 e. The second-order valence-corrected chi connectivity index (χ2v) is 7.16. The number of hydrogen-bond acceptors (Lipinski definition) is 5. The van der Waals surface area contributed by atoms with Gasteiger partial charge < -0.3 is 10.5 Å². The van der Waals surface area contributed by atoms with Gasteiger partial charge in [-0.2, -0.15) is 11.8 Å². The average Bonchev–Trinajstić information content (AvgIpc) is 2.43. The highest BCUT2D eigenvalue weighted by atomic mass is 32.2. The van der Waals surface area contributed by atoms with Gasteiger partial charge in [0, 0.05) is 12.6 Å². The van der Waals surface area contributed by atoms with Crippen LogP contribution in [-0.2, 0) is 16.6 Å². The van der Waals surface area contributed by atoms with Crippen molar-refractivity contribution >= 4 is 21.8 Å². The van der Waals surface area contributed by atoms with Crippen LogP contribution in [0.25, 0.3) is 0 Å². The van der Waals surface area contributed by atoms with E-state index < -0.39 is 10.0 Å². The minimum atomic E-state index is -3.58. The van der Waals surface area contributed by atoms with E-state index in [9.17, 15) is 8.42 Å². The fourth-order valence-corrected chi connectivity index (χ4v) is 3.76. The number of methoxy groups -OCH3 is 1. The lowest BCUT2D eigenvalue weighted by Gasteiger charge is -2.16. The summed E-state index contributed by atoms with van der Waals surface area (Å²) in [6.45, 7) is 2.20. The Morgan fingerprint density at radius 3 is 2.70 bits per heavy atom. The van der Waals surface area contributed by atoms with E-state index in [0.29, 0.717) is 12.3 Å². The number of ether oxygens (including phenoxy) is 1. The van der Waals surface area contributed by atoms with Crippen molar-refractivity contribution in [2.45, 2.75) is 30.8 Å². The second-order valence-electron chi connectivity index (χ2n) is 4.49. The SMILES string of the molecule is COc1cc(CN)ccc1S(=O)(=O)NC(C)CCSC. The monoisotopic (exact) mass is 318 g/mol. The van der Waals surface area contributed by atoms with Crippen LogP contribution in [0.1, 0.15) is 18.9 Å². The summed E-state index contributed by atoms with van der Waals surface area (Å²) in [5.74, 6) is 1.23. The van der Waals surface area contributed by atoms with Crippen LogP contribution in [0.3, 0.4) is 0 Å². The molecular formula is C13H22N2O3S2. The quantitative estimate of drug-likeness (QED) is 0.760. The zero-order valence-electron chi connectivity index (χ0n) is 12.0. The molecule has 5 nitrogen and oxygen atoms in total. The number of benzene rings is 1. The maximum absolute atomic E-state index is 12.4. The Morgan fingerprint density at radius 2 is 2.15 bits per heavy atom. The summed E-state index contributed by atoms with van der Waals surface area (Å²) in [5, 5.41) is 0. The molecule has 1 aromatic carbocycles. The van der Waals surface area contributed by atoms with E-state index in [-0.39, 0.29) is 10.9 Å². The molecule has 20 heavy (non-hydrogen) atoms. The summed E-state index contributed by atoms with van der Waals surface area (Å²) in [5.41, 5.74) is 6.38. The van der Waals surface area contributed by atoms with E-state index in [0.717, 1.165) is 17.7 Å². The zero-order valence-corrected chi connectivity index (χ0v) is 13.7. The highest BCUT2D eigenvalue weighted by molar-refractivity contribution is 7.98. The summed E-state index contributed by atoms with van der Waals surface area (Å²) in [7, 11) is -2.13. The fraction of sp³-hybridized carbons (Fsp3) is 0.538. The van der Waals surface area contributed by atoms with Crippen molar-refractivity contribution in [2.75, 3.05) is 19.1 Å². The molecule has 0 spiro atoms. The van der Waals surface area contributed by atoms with Crippen LogP contribution in [0.5, 0.6) is 5.75 Å². The highest BCUT2D eigenvalue weighted by Crippen LogP contribution is 2.25. The maximum Gasteiger partial charge on any atom is 0.244 e. The molecule has 0 radical (unpaired) electrons. The molecule has 0 heterocycles. The summed E-state index contributed by atoms with van der Waals surface area (Å²) in [4.78, 5) is 0.146. The summed E-state index contributed by atoms with van der Waals surface area (Å²) in [6, 6.07) is 4.77. The number of nitrogens with two attached hydrogens (primary N) is 1. The molecule has 0 aromatic heterocycles. The first-order chi connectivity index (χ1) is 9.44. The first-order valence-corrected chi connectivity index (χ1v) is 9.20. The van der Waals surface area contributed by atoms with Crippen LogP contribution in [-0.4, -0.2) is 33.6 Å². The van der Waals surface area contributed by atoms with Gasteiger partial charge in [-0.3, -0.25) is 0 Å². The fourth-order valence-electron chi connectivity index (χ4n) is 1.74. The minimum absolute atomic E-state index is 0.119. The van der Waals surface area contributed by atoms with Gasteiger partial charge in [0.1, 0.15) is 10.6 Å². The van der Waals surface area contributed by atoms with E-state index in [2.05, 4.69) is 4.72 Å². The van der Waals surface area contributed by atoms with E-state index in [1.165, 1.54) is 13.2 Å². The van der Waals surface area contributed by atoms with Gasteiger partial charge in [-0.05, 0) is 43.0 Å². The standard InChI is InChI=1S/C13H22N2O3S2/c1-10(6-7-19-3)15-20(16,17)13-5-4-11(9-14)8-12(13)18-2/h4-5,8,10,15H,6-7,9,14H2,1-3H3. The van der Waals surface area contributed by atoms with Crippen LogP contribution >= 0.6 is 11.8 Å². The van der Waals surface area contributed by atoms with Crippen molar-refractivity contribution in [1.82, 2.24) is 4.72 Å². The molecule has 0 saturated heterocycles. The van der Waals surface area contributed by atoms with Crippen LogP contribution in [0.15, 0.2) is 23.1 Å². The van der Waals surface area contributed by atoms with Gasteiger partial charge in [0.15, 0.2) is 0 Å². The Balaban J connectivity index is 2.97. The van der Waals surface area contributed by atoms with Gasteiger partial charge in [-0.1, -0.05) is 6.07 Å². The lowest BCUT2D eigenvalue weighted by molar-refractivity contribution is 0.401. The molecule has 1 atom stereocenters. The van der Waals surface area contributed by atoms with Gasteiger partial charge in [0.25, 0.3) is 0 Å². The normalized spacial score (nSPS) is 13.2. The van der Waals surface area contributed by atoms with Crippen molar-refractivity contribution in [3.05, 3.63) is 23.8 Å². The number of sulfonamides is 1. The minimum Gasteiger partial charge on any atom is -0.495 e. The van der Waals surface area contributed by atoms with Gasteiger partial charge in [0.2, 0.25) is 10.0 Å². The Labute approximate surface area is 125 Å². The lowest BCUT2D eigenvalue weighted by Crippen LogP contribution is -2.33. The van der Waals surface area contributed by atoms with Crippen LogP contribution < -0.4 is 15.2 Å². The predicted molar refractivity (Wildman–Crippen MR) is 83.7 cm³/mol. The molecule has 0 aliphatic carbocycles. The van der Waals surface area contributed by atoms with Gasteiger partial charge in [0.05, 0.1) is 7.11 Å². The van der Waals surface area contributed by atoms with Gasteiger partial charge in [-0.25, -0.2) is 13.1 Å². The maximum atomic E-state index is 12.4. The molecule has 0 aliphatic rings. The number of rotatable bonds is 8. The molecule has 7 heteroatoms. The molecule has 0 aliphatic heterocycles. The molecule has 3 N–H and O–H groups in total. The smallest absolute Gasteiger partial charge is 0.244 e. The first kappa shape index (κ1) is 17.3. The molecule has 0 bridgehead atoms. The van der Waals surface area contributed by atoms with Crippen molar-refractivity contribution < 1.29 is 13.2 Å². The Kier molecular flexibility index (Phi) is 6.81. The van der Waals surface area contributed by atoms with E-state index in [1.807, 2.05) is 13.2 Å². The summed E-state index contributed by atoms with van der Waals surface area (Å²) < 4.78 is 32.5. The van der Waals surface area contributed by atoms with Crippen LogP contribution in [0.4, 0.5) is 0 Å². The van der Waals surface area contributed by atoms with E-state index >= 15 is 0 Å². The predicted octanol–water partition coefficient (Wildman–Crippen LogP) is 1.57. The number of hydrogen-bond donors (Lipinski definition) is 2. The van der Waals surface area contributed by atoms with E-state index in [1.54, 1.807) is 23.9 Å². The first-order valence-electron chi connectivity index (χ1n) is 6.32. The highest BCUT2D eigenvalue weighted by Gasteiger charge is 2.21. The molecule has 1 unspecified atom stereocenters. The third-order valence-electron chi connectivity index (χ3n) is 2.86. The zero-order chi connectivity index (χ0) is 15.2. The Morgan fingerprint density at radius 1 is 1.45 bits per heavy atom. The molecule has 1 rings (SSSR count). The Hall–Kier alpha value is -0.760.